The average molecular weight is 380 g/mol. The van der Waals surface area contributed by atoms with Crippen molar-refractivity contribution in [3.63, 3.8) is 0 Å². The van der Waals surface area contributed by atoms with Crippen molar-refractivity contribution < 1.29 is 9.59 Å². The SMILES string of the molecule is Cc1cc(C(=O)CCC(=O)Nc2ccc(Br)c(C)c2)c(C)s1. The van der Waals surface area contributed by atoms with Gasteiger partial charge in [-0.2, -0.15) is 0 Å². The Hall–Kier alpha value is -1.46. The van der Waals surface area contributed by atoms with Gasteiger partial charge in [0.1, 0.15) is 0 Å². The highest BCUT2D eigenvalue weighted by Crippen LogP contribution is 2.23. The number of anilines is 1. The summed E-state index contributed by atoms with van der Waals surface area (Å²) < 4.78 is 1.00. The molecule has 0 spiro atoms. The fourth-order valence-electron chi connectivity index (χ4n) is 2.22. The zero-order valence-electron chi connectivity index (χ0n) is 12.8. The Labute approximate surface area is 142 Å². The first-order valence-corrected chi connectivity index (χ1v) is 8.64. The maximum Gasteiger partial charge on any atom is 0.224 e. The number of hydrogen-bond donors (Lipinski definition) is 1. The number of benzene rings is 1. The first-order valence-electron chi connectivity index (χ1n) is 7.03. The van der Waals surface area contributed by atoms with E-state index in [9.17, 15) is 9.59 Å². The van der Waals surface area contributed by atoms with E-state index in [2.05, 4.69) is 21.2 Å². The van der Waals surface area contributed by atoms with Crippen LogP contribution in [0.25, 0.3) is 0 Å². The standard InChI is InChI=1S/C17H18BrNO2S/c1-10-8-13(4-5-15(10)18)19-17(21)7-6-16(20)14-9-11(2)22-12(14)3/h4-5,8-9H,6-7H2,1-3H3,(H,19,21). The maximum absolute atomic E-state index is 12.2. The molecule has 3 nitrogen and oxygen atoms in total. The van der Waals surface area contributed by atoms with Gasteiger partial charge in [0.25, 0.3) is 0 Å². The van der Waals surface area contributed by atoms with Gasteiger partial charge < -0.3 is 5.32 Å². The van der Waals surface area contributed by atoms with E-state index in [0.29, 0.717) is 0 Å². The summed E-state index contributed by atoms with van der Waals surface area (Å²) in [5.74, 6) is -0.108. The van der Waals surface area contributed by atoms with Crippen LogP contribution in [0.5, 0.6) is 0 Å². The topological polar surface area (TPSA) is 46.2 Å². The van der Waals surface area contributed by atoms with Crippen molar-refractivity contribution in [2.45, 2.75) is 33.6 Å². The number of nitrogens with one attached hydrogen (secondary N) is 1. The molecule has 1 aromatic heterocycles. The summed E-state index contributed by atoms with van der Waals surface area (Å²) in [5, 5.41) is 2.83. The molecule has 0 aliphatic rings. The molecule has 0 radical (unpaired) electrons. The van der Waals surface area contributed by atoms with Gasteiger partial charge in [0.2, 0.25) is 5.91 Å². The second-order valence-electron chi connectivity index (χ2n) is 5.26. The lowest BCUT2D eigenvalue weighted by atomic mass is 10.1. The van der Waals surface area contributed by atoms with Crippen molar-refractivity contribution in [2.75, 3.05) is 5.32 Å². The molecule has 22 heavy (non-hydrogen) atoms. The minimum absolute atomic E-state index is 0.0315. The molecule has 1 aromatic carbocycles. The highest BCUT2D eigenvalue weighted by atomic mass is 79.9. The summed E-state index contributed by atoms with van der Waals surface area (Å²) in [6.45, 7) is 5.89. The van der Waals surface area contributed by atoms with Gasteiger partial charge in [0.15, 0.2) is 5.78 Å². The molecular formula is C17H18BrNO2S. The lowest BCUT2D eigenvalue weighted by Gasteiger charge is -2.07. The Bertz CT molecular complexity index is 721. The summed E-state index contributed by atoms with van der Waals surface area (Å²) in [6, 6.07) is 7.53. The molecular weight excluding hydrogens is 362 g/mol. The number of carbonyl (C=O) groups excluding carboxylic acids is 2. The number of hydrogen-bond acceptors (Lipinski definition) is 3. The zero-order valence-corrected chi connectivity index (χ0v) is 15.2. The van der Waals surface area contributed by atoms with Crippen LogP contribution < -0.4 is 5.32 Å². The molecule has 0 fully saturated rings. The normalized spacial score (nSPS) is 10.5. The van der Waals surface area contributed by atoms with Gasteiger partial charge in [-0.1, -0.05) is 15.9 Å². The molecule has 0 atom stereocenters. The van der Waals surface area contributed by atoms with Crippen LogP contribution in [0.4, 0.5) is 5.69 Å². The van der Waals surface area contributed by atoms with Gasteiger partial charge in [-0.15, -0.1) is 11.3 Å². The first kappa shape index (κ1) is 16.9. The quantitative estimate of drug-likeness (QED) is 0.739. The molecule has 2 rings (SSSR count). The molecule has 0 unspecified atom stereocenters. The summed E-state index contributed by atoms with van der Waals surface area (Å²) in [6.07, 6.45) is 0.431. The van der Waals surface area contributed by atoms with Crippen LogP contribution in [-0.2, 0) is 4.79 Å². The Morgan fingerprint density at radius 3 is 2.45 bits per heavy atom. The van der Waals surface area contributed by atoms with Gasteiger partial charge in [-0.3, -0.25) is 9.59 Å². The summed E-state index contributed by atoms with van der Waals surface area (Å²) in [5.41, 5.74) is 2.55. The predicted octanol–water partition coefficient (Wildman–Crippen LogP) is 5.04. The van der Waals surface area contributed by atoms with Crippen molar-refractivity contribution in [2.24, 2.45) is 0 Å². The minimum atomic E-state index is -0.139. The van der Waals surface area contributed by atoms with Gasteiger partial charge in [0.05, 0.1) is 0 Å². The molecule has 5 heteroatoms. The van der Waals surface area contributed by atoms with Crippen LogP contribution in [0, 0.1) is 20.8 Å². The number of halogens is 1. The van der Waals surface area contributed by atoms with E-state index >= 15 is 0 Å². The molecule has 0 saturated carbocycles. The van der Waals surface area contributed by atoms with Crippen molar-refractivity contribution in [1.82, 2.24) is 0 Å². The van der Waals surface area contributed by atoms with Gasteiger partial charge in [-0.05, 0) is 50.6 Å². The minimum Gasteiger partial charge on any atom is -0.326 e. The van der Waals surface area contributed by atoms with Crippen molar-refractivity contribution in [1.29, 1.82) is 0 Å². The maximum atomic E-state index is 12.2. The Morgan fingerprint density at radius 1 is 1.14 bits per heavy atom. The van der Waals surface area contributed by atoms with Gasteiger partial charge in [0, 0.05) is 38.3 Å². The second kappa shape index (κ2) is 7.20. The van der Waals surface area contributed by atoms with Crippen LogP contribution in [0.2, 0.25) is 0 Å². The molecule has 0 saturated heterocycles. The molecule has 1 heterocycles. The van der Waals surface area contributed by atoms with E-state index in [1.165, 1.54) is 0 Å². The van der Waals surface area contributed by atoms with Crippen LogP contribution >= 0.6 is 27.3 Å². The number of amides is 1. The fourth-order valence-corrected chi connectivity index (χ4v) is 3.40. The van der Waals surface area contributed by atoms with E-state index in [4.69, 9.17) is 0 Å². The average Bonchev–Trinajstić information content (AvgIpc) is 2.79. The van der Waals surface area contributed by atoms with Crippen LogP contribution in [0.15, 0.2) is 28.7 Å². The fraction of sp³-hybridized carbons (Fsp3) is 0.294. The van der Waals surface area contributed by atoms with E-state index < -0.39 is 0 Å². The molecule has 2 aromatic rings. The molecule has 116 valence electrons. The number of Topliss-reactive ketones (excluding diaryl/α,β-unsaturated/α-hetero) is 1. The Morgan fingerprint density at radius 2 is 1.86 bits per heavy atom. The highest BCUT2D eigenvalue weighted by molar-refractivity contribution is 9.10. The van der Waals surface area contributed by atoms with Crippen molar-refractivity contribution in [3.05, 3.63) is 49.6 Å². The predicted molar refractivity (Wildman–Crippen MR) is 94.9 cm³/mol. The van der Waals surface area contributed by atoms with Crippen LogP contribution in [-0.4, -0.2) is 11.7 Å². The number of aryl methyl sites for hydroxylation is 3. The van der Waals surface area contributed by atoms with Gasteiger partial charge >= 0.3 is 0 Å². The zero-order chi connectivity index (χ0) is 16.3. The molecule has 1 amide bonds. The van der Waals surface area contributed by atoms with Crippen LogP contribution in [0.3, 0.4) is 0 Å². The van der Waals surface area contributed by atoms with Crippen LogP contribution in [0.1, 0.15) is 38.5 Å². The second-order valence-corrected chi connectivity index (χ2v) is 7.58. The molecule has 0 bridgehead atoms. The lowest BCUT2D eigenvalue weighted by Crippen LogP contribution is -2.13. The first-order chi connectivity index (χ1) is 10.4. The number of rotatable bonds is 5. The Balaban J connectivity index is 1.91. The van der Waals surface area contributed by atoms with E-state index in [1.54, 1.807) is 11.3 Å². The third-order valence-corrected chi connectivity index (χ3v) is 5.22. The summed E-state index contributed by atoms with van der Waals surface area (Å²) in [7, 11) is 0. The summed E-state index contributed by atoms with van der Waals surface area (Å²) in [4.78, 5) is 26.3. The van der Waals surface area contributed by atoms with Crippen molar-refractivity contribution >= 4 is 44.6 Å². The number of carbonyl (C=O) groups is 2. The third-order valence-electron chi connectivity index (χ3n) is 3.36. The largest absolute Gasteiger partial charge is 0.326 e. The Kier molecular flexibility index (Phi) is 5.53. The highest BCUT2D eigenvalue weighted by Gasteiger charge is 2.14. The molecule has 0 aliphatic heterocycles. The van der Waals surface area contributed by atoms with E-state index in [1.807, 2.05) is 45.0 Å². The number of thiophene rings is 1. The van der Waals surface area contributed by atoms with E-state index in [0.717, 1.165) is 31.0 Å². The van der Waals surface area contributed by atoms with Crippen molar-refractivity contribution in [3.8, 4) is 0 Å². The lowest BCUT2D eigenvalue weighted by molar-refractivity contribution is -0.116. The number of ketones is 1. The summed E-state index contributed by atoms with van der Waals surface area (Å²) >= 11 is 5.04. The smallest absolute Gasteiger partial charge is 0.224 e. The molecule has 0 aliphatic carbocycles. The third kappa shape index (κ3) is 4.27. The monoisotopic (exact) mass is 379 g/mol. The van der Waals surface area contributed by atoms with Gasteiger partial charge in [-0.25, -0.2) is 0 Å². The van der Waals surface area contributed by atoms with E-state index in [-0.39, 0.29) is 24.5 Å². The molecule has 1 N–H and O–H groups in total.